The van der Waals surface area contributed by atoms with Crippen LogP contribution in [0.5, 0.6) is 11.5 Å². The van der Waals surface area contributed by atoms with Gasteiger partial charge in [0, 0.05) is 6.54 Å². The fraction of sp³-hybridized carbons (Fsp3) is 0.409. The number of nitrogens with zero attached hydrogens (tertiary/aromatic N) is 3. The van der Waals surface area contributed by atoms with E-state index in [2.05, 4.69) is 11.1 Å². The lowest BCUT2D eigenvalue weighted by atomic mass is 9.91. The minimum absolute atomic E-state index is 0.0256. The van der Waals surface area contributed by atoms with Crippen molar-refractivity contribution >= 4 is 11.9 Å². The Bertz CT molecular complexity index is 987. The number of nitriles is 1. The Balaban J connectivity index is 2.12. The Morgan fingerprint density at radius 1 is 1.30 bits per heavy atom. The van der Waals surface area contributed by atoms with Crippen molar-refractivity contribution in [1.29, 1.82) is 5.26 Å². The number of phenolic OH excluding ortho intramolecular Hbond substituents is 2. The Labute approximate surface area is 175 Å². The number of carbonyl (C=O) groups is 1. The second-order valence-corrected chi connectivity index (χ2v) is 8.33. The molecule has 3 rings (SSSR count). The zero-order chi connectivity index (χ0) is 22.1. The van der Waals surface area contributed by atoms with Gasteiger partial charge < -0.3 is 25.6 Å². The molecule has 2 heterocycles. The van der Waals surface area contributed by atoms with Crippen LogP contribution in [0.15, 0.2) is 24.3 Å². The monoisotopic (exact) mass is 410 g/mol. The van der Waals surface area contributed by atoms with Crippen LogP contribution in [0.1, 0.15) is 57.2 Å². The zero-order valence-corrected chi connectivity index (χ0v) is 17.3. The number of aromatic nitrogens is 1. The number of nitrogens with two attached hydrogens (primary N) is 1. The zero-order valence-electron chi connectivity index (χ0n) is 17.3. The molecule has 0 saturated carbocycles. The lowest BCUT2D eigenvalue weighted by molar-refractivity contribution is 0.00948. The first kappa shape index (κ1) is 21.2. The number of amides is 1. The van der Waals surface area contributed by atoms with E-state index in [0.717, 1.165) is 12.8 Å². The molecule has 0 bridgehead atoms. The van der Waals surface area contributed by atoms with E-state index in [0.29, 0.717) is 18.5 Å². The highest BCUT2D eigenvalue weighted by atomic mass is 16.6. The van der Waals surface area contributed by atoms with Crippen LogP contribution in [-0.4, -0.2) is 38.3 Å². The number of pyridine rings is 1. The van der Waals surface area contributed by atoms with Gasteiger partial charge in [-0.1, -0.05) is 6.07 Å². The first-order valence-electron chi connectivity index (χ1n) is 9.84. The molecule has 1 atom stereocenters. The number of carbonyl (C=O) groups excluding carboxylic acids is 1. The average Bonchev–Trinajstić information content (AvgIpc) is 2.66. The summed E-state index contributed by atoms with van der Waals surface area (Å²) in [6.07, 6.45) is 1.86. The smallest absolute Gasteiger partial charge is 0.410 e. The number of benzene rings is 1. The second kappa shape index (κ2) is 8.11. The molecule has 1 amide bonds. The normalized spacial score (nSPS) is 16.7. The molecule has 8 nitrogen and oxygen atoms in total. The van der Waals surface area contributed by atoms with Crippen LogP contribution < -0.4 is 5.73 Å². The molecule has 0 radical (unpaired) electrons. The number of likely N-dealkylation sites (tertiary alicyclic amines) is 1. The van der Waals surface area contributed by atoms with Crippen LogP contribution in [0.3, 0.4) is 0 Å². The molecule has 1 aliphatic heterocycles. The molecule has 0 aliphatic carbocycles. The molecule has 1 aromatic carbocycles. The van der Waals surface area contributed by atoms with Gasteiger partial charge in [0.1, 0.15) is 29.0 Å². The van der Waals surface area contributed by atoms with Gasteiger partial charge in [0.25, 0.3) is 0 Å². The summed E-state index contributed by atoms with van der Waals surface area (Å²) in [4.78, 5) is 18.7. The number of ether oxygens (including phenoxy) is 1. The standard InChI is InChI=1S/C22H26N4O4/c1-22(2,3)30-21(29)26-10-5-4-7-16(26)13-11-15(25-20(24)14(13)12-23)19-17(27)8-6-9-18(19)28/h6,8-9,11,16,27-28H,4-5,7,10H2,1-3H3,(H2,24,25). The van der Waals surface area contributed by atoms with Crippen molar-refractivity contribution in [3.63, 3.8) is 0 Å². The van der Waals surface area contributed by atoms with E-state index in [-0.39, 0.29) is 34.1 Å². The quantitative estimate of drug-likeness (QED) is 0.679. The number of nitrogen functional groups attached to an aromatic ring is 1. The Kier molecular flexibility index (Phi) is 5.74. The van der Waals surface area contributed by atoms with Crippen LogP contribution in [0, 0.1) is 11.3 Å². The van der Waals surface area contributed by atoms with Crippen LogP contribution in [0.2, 0.25) is 0 Å². The Morgan fingerprint density at radius 3 is 2.57 bits per heavy atom. The molecule has 1 unspecified atom stereocenters. The summed E-state index contributed by atoms with van der Waals surface area (Å²) in [5.41, 5.74) is 6.46. The fourth-order valence-electron chi connectivity index (χ4n) is 3.68. The van der Waals surface area contributed by atoms with Crippen molar-refractivity contribution in [2.75, 3.05) is 12.3 Å². The van der Waals surface area contributed by atoms with E-state index in [1.165, 1.54) is 18.2 Å². The fourth-order valence-corrected chi connectivity index (χ4v) is 3.68. The lowest BCUT2D eigenvalue weighted by Crippen LogP contribution is -2.42. The summed E-state index contributed by atoms with van der Waals surface area (Å²) >= 11 is 0. The topological polar surface area (TPSA) is 133 Å². The summed E-state index contributed by atoms with van der Waals surface area (Å²) in [7, 11) is 0. The van der Waals surface area contributed by atoms with Crippen molar-refractivity contribution in [3.8, 4) is 28.8 Å². The maximum atomic E-state index is 12.8. The highest BCUT2D eigenvalue weighted by molar-refractivity contribution is 5.77. The third-order valence-electron chi connectivity index (χ3n) is 4.96. The summed E-state index contributed by atoms with van der Waals surface area (Å²) in [5, 5.41) is 30.2. The van der Waals surface area contributed by atoms with E-state index in [1.54, 1.807) is 31.7 Å². The summed E-state index contributed by atoms with van der Waals surface area (Å²) < 4.78 is 5.56. The number of phenols is 2. The van der Waals surface area contributed by atoms with Crippen LogP contribution in [0.25, 0.3) is 11.3 Å². The van der Waals surface area contributed by atoms with Gasteiger partial charge >= 0.3 is 6.09 Å². The van der Waals surface area contributed by atoms with E-state index in [4.69, 9.17) is 10.5 Å². The van der Waals surface area contributed by atoms with Crippen molar-refractivity contribution in [1.82, 2.24) is 9.88 Å². The van der Waals surface area contributed by atoms with Gasteiger partial charge in [0.05, 0.1) is 22.9 Å². The van der Waals surface area contributed by atoms with Crippen molar-refractivity contribution < 1.29 is 19.7 Å². The molecule has 1 aliphatic rings. The van der Waals surface area contributed by atoms with Gasteiger partial charge in [0.15, 0.2) is 0 Å². The van der Waals surface area contributed by atoms with Crippen LogP contribution >= 0.6 is 0 Å². The number of rotatable bonds is 2. The van der Waals surface area contributed by atoms with Crippen molar-refractivity contribution in [2.24, 2.45) is 0 Å². The second-order valence-electron chi connectivity index (χ2n) is 8.33. The number of hydrogen-bond acceptors (Lipinski definition) is 7. The highest BCUT2D eigenvalue weighted by Crippen LogP contribution is 2.41. The minimum atomic E-state index is -0.652. The van der Waals surface area contributed by atoms with E-state index >= 15 is 0 Å². The predicted octanol–water partition coefficient (Wildman–Crippen LogP) is 4.08. The van der Waals surface area contributed by atoms with Gasteiger partial charge in [-0.15, -0.1) is 0 Å². The van der Waals surface area contributed by atoms with Crippen LogP contribution in [0.4, 0.5) is 10.6 Å². The van der Waals surface area contributed by atoms with Gasteiger partial charge in [-0.25, -0.2) is 9.78 Å². The largest absolute Gasteiger partial charge is 0.507 e. The molecular weight excluding hydrogens is 384 g/mol. The van der Waals surface area contributed by atoms with Gasteiger partial charge in [-0.2, -0.15) is 5.26 Å². The summed E-state index contributed by atoms with van der Waals surface area (Å²) in [6.45, 7) is 5.89. The highest BCUT2D eigenvalue weighted by Gasteiger charge is 2.34. The van der Waals surface area contributed by atoms with Gasteiger partial charge in [-0.05, 0) is 63.8 Å². The molecule has 1 fully saturated rings. The number of hydrogen-bond donors (Lipinski definition) is 3. The van der Waals surface area contributed by atoms with Gasteiger partial charge in [-0.3, -0.25) is 0 Å². The number of aromatic hydroxyl groups is 2. The number of anilines is 1. The third-order valence-corrected chi connectivity index (χ3v) is 4.96. The molecule has 0 spiro atoms. The predicted molar refractivity (Wildman–Crippen MR) is 112 cm³/mol. The third kappa shape index (κ3) is 4.25. The Hall–Kier alpha value is -3.47. The van der Waals surface area contributed by atoms with Gasteiger partial charge in [0.2, 0.25) is 0 Å². The number of piperidine rings is 1. The lowest BCUT2D eigenvalue weighted by Gasteiger charge is -2.37. The SMILES string of the molecule is CC(C)(C)OC(=O)N1CCCCC1c1cc(-c2c(O)cccc2O)nc(N)c1C#N. The van der Waals surface area contributed by atoms with E-state index < -0.39 is 17.7 Å². The summed E-state index contributed by atoms with van der Waals surface area (Å²) in [6, 6.07) is 7.63. The maximum absolute atomic E-state index is 12.8. The van der Waals surface area contributed by atoms with Crippen molar-refractivity contribution in [3.05, 3.63) is 35.4 Å². The minimum Gasteiger partial charge on any atom is -0.507 e. The molecule has 8 heteroatoms. The van der Waals surface area contributed by atoms with E-state index in [1.807, 2.05) is 0 Å². The molecule has 30 heavy (non-hydrogen) atoms. The van der Waals surface area contributed by atoms with E-state index in [9.17, 15) is 20.3 Å². The summed E-state index contributed by atoms with van der Waals surface area (Å²) in [5.74, 6) is -0.349. The molecule has 1 aromatic heterocycles. The van der Waals surface area contributed by atoms with Crippen LogP contribution in [-0.2, 0) is 4.74 Å². The molecule has 4 N–H and O–H groups in total. The maximum Gasteiger partial charge on any atom is 0.410 e. The molecule has 1 saturated heterocycles. The molecule has 2 aromatic rings. The molecular formula is C22H26N4O4. The first-order valence-corrected chi connectivity index (χ1v) is 9.84. The first-order chi connectivity index (χ1) is 14.1. The Morgan fingerprint density at radius 2 is 1.97 bits per heavy atom. The molecule has 158 valence electrons. The van der Waals surface area contributed by atoms with Crippen molar-refractivity contribution in [2.45, 2.75) is 51.7 Å². The average molecular weight is 410 g/mol.